The molecule has 1 N–H and O–H groups in total. The number of fused-ring (bicyclic) bond motifs is 1. The van der Waals surface area contributed by atoms with Crippen LogP contribution in [0.1, 0.15) is 22.5 Å². The second-order valence-electron chi connectivity index (χ2n) is 7.15. The highest BCUT2D eigenvalue weighted by Gasteiger charge is 2.37. The van der Waals surface area contributed by atoms with E-state index in [4.69, 9.17) is 0 Å². The van der Waals surface area contributed by atoms with E-state index in [-0.39, 0.29) is 17.8 Å². The van der Waals surface area contributed by atoms with Crippen LogP contribution in [0.5, 0.6) is 0 Å². The van der Waals surface area contributed by atoms with E-state index in [0.29, 0.717) is 34.4 Å². The minimum absolute atomic E-state index is 0.0469. The molecule has 0 unspecified atom stereocenters. The lowest BCUT2D eigenvalue weighted by molar-refractivity contribution is -0.143. The predicted octanol–water partition coefficient (Wildman–Crippen LogP) is 6.21. The summed E-state index contributed by atoms with van der Waals surface area (Å²) in [5, 5.41) is 7.33. The fraction of sp³-hybridized carbons (Fsp3) is 0.190. The van der Waals surface area contributed by atoms with Gasteiger partial charge >= 0.3 is 12.4 Å². The molecule has 0 fully saturated rings. The van der Waals surface area contributed by atoms with Crippen molar-refractivity contribution in [1.82, 2.24) is 19.7 Å². The highest BCUT2D eigenvalue weighted by molar-refractivity contribution is 5.91. The molecular formula is C21H15F6N5. The number of para-hydroxylation sites is 1. The Hall–Kier alpha value is -3.63. The second kappa shape index (κ2) is 7.50. The molecule has 0 saturated carbocycles. The van der Waals surface area contributed by atoms with Gasteiger partial charge in [0, 0.05) is 16.8 Å². The molecule has 0 saturated heterocycles. The minimum Gasteiger partial charge on any atom is -0.340 e. The number of alkyl halides is 6. The van der Waals surface area contributed by atoms with E-state index in [9.17, 15) is 26.3 Å². The van der Waals surface area contributed by atoms with Crippen LogP contribution < -0.4 is 5.32 Å². The lowest BCUT2D eigenvalue weighted by Crippen LogP contribution is -2.12. The van der Waals surface area contributed by atoms with Crippen molar-refractivity contribution >= 4 is 22.4 Å². The van der Waals surface area contributed by atoms with E-state index in [1.54, 1.807) is 44.2 Å². The Balaban J connectivity index is 1.88. The molecule has 0 aliphatic heterocycles. The van der Waals surface area contributed by atoms with Gasteiger partial charge in [-0.2, -0.15) is 36.4 Å². The van der Waals surface area contributed by atoms with Crippen molar-refractivity contribution in [2.75, 3.05) is 5.32 Å². The number of nitrogens with one attached hydrogen (secondary N) is 1. The third-order valence-electron chi connectivity index (χ3n) is 4.64. The van der Waals surface area contributed by atoms with Gasteiger partial charge in [-0.25, -0.2) is 9.67 Å². The van der Waals surface area contributed by atoms with Gasteiger partial charge in [-0.3, -0.25) is 0 Å². The molecule has 0 aliphatic carbocycles. The SMILES string of the molecule is Cc1cc(C)n(-c2nc(Nc3cc(C(F)(F)F)cc(C(F)(F)F)c3)c3ccccc3n2)n1. The number of hydrogen-bond acceptors (Lipinski definition) is 4. The Morgan fingerprint density at radius 3 is 2.00 bits per heavy atom. The number of aromatic nitrogens is 4. The fourth-order valence-corrected chi connectivity index (χ4v) is 3.25. The third-order valence-corrected chi connectivity index (χ3v) is 4.64. The molecule has 0 radical (unpaired) electrons. The average molecular weight is 451 g/mol. The van der Waals surface area contributed by atoms with E-state index >= 15 is 0 Å². The zero-order valence-corrected chi connectivity index (χ0v) is 16.7. The number of rotatable bonds is 3. The first kappa shape index (κ1) is 21.6. The van der Waals surface area contributed by atoms with Crippen molar-refractivity contribution in [1.29, 1.82) is 0 Å². The Morgan fingerprint density at radius 1 is 0.812 bits per heavy atom. The first-order valence-corrected chi connectivity index (χ1v) is 9.29. The molecule has 11 heteroatoms. The Morgan fingerprint density at radius 2 is 1.44 bits per heavy atom. The molecule has 2 aromatic heterocycles. The van der Waals surface area contributed by atoms with E-state index in [1.165, 1.54) is 4.68 Å². The van der Waals surface area contributed by atoms with Gasteiger partial charge in [0.15, 0.2) is 0 Å². The fourth-order valence-electron chi connectivity index (χ4n) is 3.25. The smallest absolute Gasteiger partial charge is 0.340 e. The molecule has 0 bridgehead atoms. The van der Waals surface area contributed by atoms with Crippen LogP contribution in [-0.4, -0.2) is 19.7 Å². The van der Waals surface area contributed by atoms with Gasteiger partial charge in [0.1, 0.15) is 5.82 Å². The van der Waals surface area contributed by atoms with Crippen molar-refractivity contribution in [3.63, 3.8) is 0 Å². The van der Waals surface area contributed by atoms with Crippen molar-refractivity contribution in [3.05, 3.63) is 71.0 Å². The maximum atomic E-state index is 13.2. The lowest BCUT2D eigenvalue weighted by atomic mass is 10.1. The number of halogens is 6. The molecule has 5 nitrogen and oxygen atoms in total. The summed E-state index contributed by atoms with van der Waals surface area (Å²) in [6.07, 6.45) is -9.92. The Bertz CT molecular complexity index is 1270. The van der Waals surface area contributed by atoms with Crippen LogP contribution >= 0.6 is 0 Å². The van der Waals surface area contributed by atoms with Gasteiger partial charge in [-0.15, -0.1) is 0 Å². The van der Waals surface area contributed by atoms with Crippen LogP contribution in [0.4, 0.5) is 37.8 Å². The topological polar surface area (TPSA) is 55.6 Å². The Labute approximate surface area is 177 Å². The number of anilines is 2. The summed E-state index contributed by atoms with van der Waals surface area (Å²) in [5.74, 6) is 0.172. The molecule has 4 rings (SSSR count). The van der Waals surface area contributed by atoms with Crippen LogP contribution in [0, 0.1) is 13.8 Å². The van der Waals surface area contributed by atoms with Gasteiger partial charge in [0.2, 0.25) is 0 Å². The zero-order chi connectivity index (χ0) is 23.3. The summed E-state index contributed by atoms with van der Waals surface area (Å²) in [6.45, 7) is 3.54. The zero-order valence-electron chi connectivity index (χ0n) is 16.7. The number of nitrogens with zero attached hydrogens (tertiary/aromatic N) is 4. The lowest BCUT2D eigenvalue weighted by Gasteiger charge is -2.16. The number of hydrogen-bond donors (Lipinski definition) is 1. The first-order valence-electron chi connectivity index (χ1n) is 9.29. The summed E-state index contributed by atoms with van der Waals surface area (Å²) >= 11 is 0. The molecule has 0 aliphatic rings. The molecule has 0 atom stereocenters. The van der Waals surface area contributed by atoms with Crippen molar-refractivity contribution in [3.8, 4) is 5.95 Å². The normalized spacial score (nSPS) is 12.4. The molecule has 0 amide bonds. The third kappa shape index (κ3) is 4.23. The van der Waals surface area contributed by atoms with E-state index in [2.05, 4.69) is 20.4 Å². The van der Waals surface area contributed by atoms with Gasteiger partial charge in [-0.1, -0.05) is 12.1 Å². The summed E-state index contributed by atoms with van der Waals surface area (Å²) in [6, 6.07) is 9.71. The highest BCUT2D eigenvalue weighted by Crippen LogP contribution is 2.38. The van der Waals surface area contributed by atoms with Crippen LogP contribution in [-0.2, 0) is 12.4 Å². The largest absolute Gasteiger partial charge is 0.416 e. The van der Waals surface area contributed by atoms with E-state index < -0.39 is 29.2 Å². The predicted molar refractivity (Wildman–Crippen MR) is 106 cm³/mol. The number of aryl methyl sites for hydroxylation is 2. The second-order valence-corrected chi connectivity index (χ2v) is 7.15. The van der Waals surface area contributed by atoms with Crippen molar-refractivity contribution in [2.45, 2.75) is 26.2 Å². The van der Waals surface area contributed by atoms with Crippen molar-refractivity contribution in [2.24, 2.45) is 0 Å². The maximum absolute atomic E-state index is 13.2. The van der Waals surface area contributed by atoms with Crippen LogP contribution in [0.15, 0.2) is 48.5 Å². The van der Waals surface area contributed by atoms with Gasteiger partial charge in [-0.05, 0) is 50.2 Å². The summed E-state index contributed by atoms with van der Waals surface area (Å²) < 4.78 is 80.8. The molecule has 2 aromatic carbocycles. The highest BCUT2D eigenvalue weighted by atomic mass is 19.4. The number of benzene rings is 2. The molecule has 0 spiro atoms. The quantitative estimate of drug-likeness (QED) is 0.376. The van der Waals surface area contributed by atoms with Crippen LogP contribution in [0.25, 0.3) is 16.9 Å². The molecule has 2 heterocycles. The monoisotopic (exact) mass is 451 g/mol. The standard InChI is InChI=1S/C21H15F6N5/c1-11-7-12(2)32(31-11)19-29-17-6-4-3-5-16(17)18(30-19)28-15-9-13(20(22,23)24)8-14(10-15)21(25,26)27/h3-10H,1-2H3,(H,28,29,30). The van der Waals surface area contributed by atoms with Crippen LogP contribution in [0.2, 0.25) is 0 Å². The van der Waals surface area contributed by atoms with Gasteiger partial charge in [0.25, 0.3) is 5.95 Å². The first-order chi connectivity index (χ1) is 14.9. The Kier molecular flexibility index (Phi) is 5.06. The average Bonchev–Trinajstić information content (AvgIpc) is 3.04. The molecule has 32 heavy (non-hydrogen) atoms. The van der Waals surface area contributed by atoms with Gasteiger partial charge in [0.05, 0.1) is 22.3 Å². The van der Waals surface area contributed by atoms with Crippen LogP contribution in [0.3, 0.4) is 0 Å². The summed E-state index contributed by atoms with van der Waals surface area (Å²) in [5.41, 5.74) is -1.41. The minimum atomic E-state index is -4.96. The van der Waals surface area contributed by atoms with Gasteiger partial charge < -0.3 is 5.32 Å². The van der Waals surface area contributed by atoms with E-state index in [1.807, 2.05) is 0 Å². The molecule has 4 aromatic rings. The van der Waals surface area contributed by atoms with Crippen molar-refractivity contribution < 1.29 is 26.3 Å². The molecular weight excluding hydrogens is 436 g/mol. The molecule has 166 valence electrons. The summed E-state index contributed by atoms with van der Waals surface area (Å²) in [7, 11) is 0. The summed E-state index contributed by atoms with van der Waals surface area (Å²) in [4.78, 5) is 8.76. The van der Waals surface area contributed by atoms with E-state index in [0.717, 1.165) is 0 Å². The maximum Gasteiger partial charge on any atom is 0.416 e.